The quantitative estimate of drug-likeness (QED) is 0.142. The van der Waals surface area contributed by atoms with Crippen LogP contribution in [0.2, 0.25) is 0 Å². The molecule has 0 N–H and O–H groups in total. The van der Waals surface area contributed by atoms with E-state index >= 15 is 0 Å². The average molecular weight is 781 g/mol. The maximum absolute atomic E-state index is 2.47. The van der Waals surface area contributed by atoms with Crippen molar-refractivity contribution in [1.29, 1.82) is 0 Å². The zero-order valence-corrected chi connectivity index (χ0v) is 34.3. The molecule has 0 atom stereocenters. The summed E-state index contributed by atoms with van der Waals surface area (Å²) in [5, 5.41) is 4.97. The number of benzene rings is 10. The number of anilines is 6. The molecule has 0 aliphatic heterocycles. The molecule has 1 aliphatic rings. The lowest BCUT2D eigenvalue weighted by atomic mass is 9.81. The van der Waals surface area contributed by atoms with Gasteiger partial charge in [-0.05, 0) is 140 Å². The maximum atomic E-state index is 2.47. The van der Waals surface area contributed by atoms with E-state index in [0.717, 1.165) is 34.1 Å². The van der Waals surface area contributed by atoms with Gasteiger partial charge in [0.05, 0.1) is 5.69 Å². The minimum atomic E-state index is -0.0799. The lowest BCUT2D eigenvalue weighted by Gasteiger charge is -2.31. The van der Waals surface area contributed by atoms with E-state index in [1.54, 1.807) is 0 Å². The number of hydrogen-bond acceptors (Lipinski definition) is 2. The summed E-state index contributed by atoms with van der Waals surface area (Å²) in [7, 11) is 0. The number of para-hydroxylation sites is 2. The zero-order chi connectivity index (χ0) is 40.9. The molecule has 61 heavy (non-hydrogen) atoms. The van der Waals surface area contributed by atoms with Crippen molar-refractivity contribution < 1.29 is 0 Å². The molecule has 0 saturated carbocycles. The van der Waals surface area contributed by atoms with Crippen LogP contribution in [-0.4, -0.2) is 0 Å². The Hall–Kier alpha value is -7.68. The van der Waals surface area contributed by atoms with Crippen LogP contribution < -0.4 is 9.80 Å². The van der Waals surface area contributed by atoms with Gasteiger partial charge in [0, 0.05) is 39.2 Å². The van der Waals surface area contributed by atoms with E-state index in [2.05, 4.69) is 254 Å². The molecule has 0 heterocycles. The van der Waals surface area contributed by atoms with E-state index in [1.165, 1.54) is 66.1 Å². The molecule has 0 radical (unpaired) electrons. The van der Waals surface area contributed by atoms with Crippen LogP contribution in [0.25, 0.3) is 54.9 Å². The van der Waals surface area contributed by atoms with Crippen molar-refractivity contribution in [2.24, 2.45) is 0 Å². The Morgan fingerprint density at radius 2 is 0.803 bits per heavy atom. The van der Waals surface area contributed by atoms with Crippen molar-refractivity contribution in [2.45, 2.75) is 19.3 Å². The summed E-state index contributed by atoms with van der Waals surface area (Å²) in [6.07, 6.45) is 0. The number of rotatable bonds is 8. The first kappa shape index (κ1) is 36.4. The van der Waals surface area contributed by atoms with Crippen molar-refractivity contribution in [1.82, 2.24) is 0 Å². The maximum Gasteiger partial charge on any atom is 0.0546 e. The number of fused-ring (bicyclic) bond motifs is 6. The highest BCUT2D eigenvalue weighted by atomic mass is 15.2. The highest BCUT2D eigenvalue weighted by Gasteiger charge is 2.35. The van der Waals surface area contributed by atoms with Gasteiger partial charge in [0.1, 0.15) is 0 Å². The molecule has 10 aromatic carbocycles. The van der Waals surface area contributed by atoms with Crippen molar-refractivity contribution in [3.8, 4) is 33.4 Å². The summed E-state index contributed by atoms with van der Waals surface area (Å²) < 4.78 is 0. The molecule has 10 aromatic rings. The molecule has 0 saturated heterocycles. The lowest BCUT2D eigenvalue weighted by molar-refractivity contribution is 0.661. The topological polar surface area (TPSA) is 6.48 Å². The second-order valence-electron chi connectivity index (χ2n) is 16.6. The predicted octanol–water partition coefficient (Wildman–Crippen LogP) is 16.6. The van der Waals surface area contributed by atoms with E-state index in [1.807, 2.05) is 0 Å². The summed E-state index contributed by atoms with van der Waals surface area (Å²) in [6, 6.07) is 84.1. The van der Waals surface area contributed by atoms with Crippen LogP contribution in [0.3, 0.4) is 0 Å². The van der Waals surface area contributed by atoms with Crippen LogP contribution >= 0.6 is 0 Å². The Morgan fingerprint density at radius 3 is 1.44 bits per heavy atom. The van der Waals surface area contributed by atoms with Gasteiger partial charge in [0.25, 0.3) is 0 Å². The molecule has 0 amide bonds. The lowest BCUT2D eigenvalue weighted by Crippen LogP contribution is -2.15. The molecule has 11 rings (SSSR count). The second-order valence-corrected chi connectivity index (χ2v) is 16.6. The summed E-state index contributed by atoms with van der Waals surface area (Å²) >= 11 is 0. The first-order valence-corrected chi connectivity index (χ1v) is 21.2. The third-order valence-electron chi connectivity index (χ3n) is 12.5. The second kappa shape index (κ2) is 14.9. The smallest absolute Gasteiger partial charge is 0.0546 e. The SMILES string of the molecule is CC1(C)c2ccccc2-c2cc3cc(N(c4ccccc4)c4cccc(N(c5ccccc5)c5cc(-c6ccccc6)cc(-c6ccccc6)c5)c4)c4ccccc4c3cc21. The van der Waals surface area contributed by atoms with E-state index in [-0.39, 0.29) is 5.41 Å². The molecular formula is C59H44N2. The van der Waals surface area contributed by atoms with Crippen LogP contribution in [-0.2, 0) is 5.41 Å². The van der Waals surface area contributed by atoms with Gasteiger partial charge in [0.2, 0.25) is 0 Å². The Kier molecular flexibility index (Phi) is 8.86. The predicted molar refractivity (Wildman–Crippen MR) is 259 cm³/mol. The fourth-order valence-corrected chi connectivity index (χ4v) is 9.60. The van der Waals surface area contributed by atoms with Gasteiger partial charge in [-0.2, -0.15) is 0 Å². The van der Waals surface area contributed by atoms with Gasteiger partial charge in [-0.3, -0.25) is 0 Å². The van der Waals surface area contributed by atoms with E-state index in [4.69, 9.17) is 0 Å². The number of hydrogen-bond donors (Lipinski definition) is 0. The Balaban J connectivity index is 1.13. The highest BCUT2D eigenvalue weighted by Crippen LogP contribution is 2.52. The van der Waals surface area contributed by atoms with Gasteiger partial charge in [0.15, 0.2) is 0 Å². The monoisotopic (exact) mass is 780 g/mol. The van der Waals surface area contributed by atoms with E-state index < -0.39 is 0 Å². The van der Waals surface area contributed by atoms with Gasteiger partial charge in [-0.15, -0.1) is 0 Å². The number of nitrogens with zero attached hydrogens (tertiary/aromatic N) is 2. The molecular weight excluding hydrogens is 737 g/mol. The molecule has 1 aliphatic carbocycles. The van der Waals surface area contributed by atoms with Gasteiger partial charge in [-0.1, -0.05) is 166 Å². The molecule has 290 valence electrons. The summed E-state index contributed by atoms with van der Waals surface area (Å²) in [6.45, 7) is 4.73. The minimum absolute atomic E-state index is 0.0799. The van der Waals surface area contributed by atoms with Crippen LogP contribution in [0.4, 0.5) is 34.1 Å². The van der Waals surface area contributed by atoms with Crippen molar-refractivity contribution in [3.05, 3.63) is 242 Å². The Bertz CT molecular complexity index is 3150. The highest BCUT2D eigenvalue weighted by molar-refractivity contribution is 6.16. The zero-order valence-electron chi connectivity index (χ0n) is 34.3. The van der Waals surface area contributed by atoms with Crippen LogP contribution in [0, 0.1) is 0 Å². The van der Waals surface area contributed by atoms with Gasteiger partial charge in [-0.25, -0.2) is 0 Å². The third kappa shape index (κ3) is 6.36. The molecule has 0 bridgehead atoms. The molecule has 0 unspecified atom stereocenters. The van der Waals surface area contributed by atoms with Gasteiger partial charge >= 0.3 is 0 Å². The molecule has 2 heteroatoms. The fourth-order valence-electron chi connectivity index (χ4n) is 9.60. The Labute approximate surface area is 358 Å². The molecule has 2 nitrogen and oxygen atoms in total. The normalized spacial score (nSPS) is 12.6. The summed E-state index contributed by atoms with van der Waals surface area (Å²) in [5.74, 6) is 0. The van der Waals surface area contributed by atoms with Crippen LogP contribution in [0.5, 0.6) is 0 Å². The van der Waals surface area contributed by atoms with Crippen molar-refractivity contribution >= 4 is 55.7 Å². The molecule has 0 spiro atoms. The average Bonchev–Trinajstić information content (AvgIpc) is 3.54. The minimum Gasteiger partial charge on any atom is -0.310 e. The van der Waals surface area contributed by atoms with Crippen LogP contribution in [0.1, 0.15) is 25.0 Å². The van der Waals surface area contributed by atoms with Crippen LogP contribution in [0.15, 0.2) is 231 Å². The fraction of sp³-hybridized carbons (Fsp3) is 0.0508. The largest absolute Gasteiger partial charge is 0.310 e. The van der Waals surface area contributed by atoms with Gasteiger partial charge < -0.3 is 9.80 Å². The summed E-state index contributed by atoms with van der Waals surface area (Å²) in [4.78, 5) is 4.84. The molecule has 0 fully saturated rings. The van der Waals surface area contributed by atoms with E-state index in [9.17, 15) is 0 Å². The standard InChI is InChI=1S/C59H44N2/c1-59(2)56-33-18-17-31-52(56)55-37-45-38-58(53-32-16-15-30-51(53)54(45)40-57(55)59)61(47-26-13-6-14-27-47)49-29-19-28-48(39-49)60(46-24-11-5-12-25-46)50-35-43(41-20-7-3-8-21-41)34-44(36-50)42-22-9-4-10-23-42/h3-40H,1-2H3. The third-order valence-corrected chi connectivity index (χ3v) is 12.5. The first-order chi connectivity index (χ1) is 30.0. The Morgan fingerprint density at radius 1 is 0.295 bits per heavy atom. The summed E-state index contributed by atoms with van der Waals surface area (Å²) in [5.41, 5.74) is 16.6. The van der Waals surface area contributed by atoms with Crippen molar-refractivity contribution in [3.63, 3.8) is 0 Å². The van der Waals surface area contributed by atoms with E-state index in [0.29, 0.717) is 0 Å². The first-order valence-electron chi connectivity index (χ1n) is 21.2. The molecule has 0 aromatic heterocycles. The van der Waals surface area contributed by atoms with Crippen molar-refractivity contribution in [2.75, 3.05) is 9.80 Å².